The summed E-state index contributed by atoms with van der Waals surface area (Å²) in [6.07, 6.45) is 0. The Kier molecular flexibility index (Phi) is 2.75. The molecule has 3 rings (SSSR count). The molecule has 0 amide bonds. The Morgan fingerprint density at radius 1 is 0.750 bits per heavy atom. The Morgan fingerprint density at radius 3 is 1.50 bits per heavy atom. The van der Waals surface area contributed by atoms with Crippen molar-refractivity contribution in [2.75, 3.05) is 0 Å². The van der Waals surface area contributed by atoms with E-state index in [2.05, 4.69) is 71.9 Å². The molecule has 0 saturated carbocycles. The molecule has 4 radical (unpaired) electrons. The van der Waals surface area contributed by atoms with Crippen LogP contribution in [0.15, 0.2) is 60.7 Å². The maximum absolute atomic E-state index is 2.26. The van der Waals surface area contributed by atoms with Gasteiger partial charge in [-0.3, -0.25) is 0 Å². The van der Waals surface area contributed by atoms with Gasteiger partial charge >= 0.3 is 0 Å². The predicted octanol–water partition coefficient (Wildman–Crippen LogP) is 2.87. The van der Waals surface area contributed by atoms with Crippen molar-refractivity contribution in [2.45, 2.75) is 4.37 Å². The van der Waals surface area contributed by atoms with E-state index >= 15 is 0 Å². The Hall–Kier alpha value is -0.776. The summed E-state index contributed by atoms with van der Waals surface area (Å²) >= 11 is 2.10. The summed E-state index contributed by atoms with van der Waals surface area (Å²) < 4.78 is 0.265. The van der Waals surface area contributed by atoms with Gasteiger partial charge in [-0.2, -0.15) is 11.2 Å². The highest BCUT2D eigenvalue weighted by molar-refractivity contribution is 8.33. The molecule has 3 heteroatoms. The van der Waals surface area contributed by atoms with E-state index in [-0.39, 0.29) is 4.37 Å². The van der Waals surface area contributed by atoms with Gasteiger partial charge in [-0.1, -0.05) is 60.7 Å². The molecule has 2 aromatic rings. The quantitative estimate of drug-likeness (QED) is 0.743. The van der Waals surface area contributed by atoms with Crippen LogP contribution in [0.5, 0.6) is 0 Å². The molecule has 0 bridgehead atoms. The highest BCUT2D eigenvalue weighted by Crippen LogP contribution is 2.47. The smallest absolute Gasteiger partial charge is 0.108 e. The van der Waals surface area contributed by atoms with E-state index in [0.717, 1.165) is 17.2 Å². The van der Waals surface area contributed by atoms with Crippen LogP contribution in [0.1, 0.15) is 11.1 Å². The largest absolute Gasteiger partial charge is 0.182 e. The lowest BCUT2D eigenvalue weighted by molar-refractivity contribution is 1.05. The molecular weight excluding hydrogens is 244 g/mol. The maximum Gasteiger partial charge on any atom is 0.108 e. The van der Waals surface area contributed by atoms with Gasteiger partial charge in [0.1, 0.15) is 8.19 Å². The van der Waals surface area contributed by atoms with Crippen molar-refractivity contribution >= 4 is 28.4 Å². The molecule has 1 heterocycles. The van der Waals surface area contributed by atoms with E-state index in [1.807, 2.05) is 0 Å². The zero-order valence-electron chi connectivity index (χ0n) is 8.68. The van der Waals surface area contributed by atoms with Gasteiger partial charge < -0.3 is 0 Å². The van der Waals surface area contributed by atoms with Crippen molar-refractivity contribution < 1.29 is 0 Å². The van der Waals surface area contributed by atoms with Crippen LogP contribution in [0.25, 0.3) is 0 Å². The molecular formula is C13H10SSi2. The highest BCUT2D eigenvalue weighted by atomic mass is 32.4. The number of benzene rings is 2. The van der Waals surface area contributed by atoms with E-state index in [9.17, 15) is 0 Å². The maximum atomic E-state index is 2.26. The molecule has 0 N–H and O–H groups in total. The third kappa shape index (κ3) is 1.59. The van der Waals surface area contributed by atoms with Crippen LogP contribution in [0.4, 0.5) is 0 Å². The summed E-state index contributed by atoms with van der Waals surface area (Å²) in [5.74, 6) is 0. The van der Waals surface area contributed by atoms with Gasteiger partial charge in [-0.25, -0.2) is 0 Å². The minimum atomic E-state index is 0.265. The van der Waals surface area contributed by atoms with Crippen LogP contribution in [0.2, 0.25) is 0 Å². The second kappa shape index (κ2) is 4.24. The van der Waals surface area contributed by atoms with Gasteiger partial charge in [-0.05, 0) is 11.1 Å². The first kappa shape index (κ1) is 10.4. The minimum absolute atomic E-state index is 0.265. The van der Waals surface area contributed by atoms with E-state index in [1.54, 1.807) is 0 Å². The summed E-state index contributed by atoms with van der Waals surface area (Å²) in [5, 5.41) is 0. The molecule has 0 aliphatic carbocycles. The second-order valence-corrected chi connectivity index (χ2v) is 9.94. The number of hydrogen-bond acceptors (Lipinski definition) is 1. The fraction of sp³-hybridized carbons (Fsp3) is 0.0769. The second-order valence-electron chi connectivity index (χ2n) is 3.74. The molecule has 1 aliphatic heterocycles. The summed E-state index contributed by atoms with van der Waals surface area (Å²) in [5.41, 5.74) is 2.92. The average molecular weight is 254 g/mol. The molecule has 0 atom stereocenters. The lowest BCUT2D eigenvalue weighted by Gasteiger charge is -2.41. The lowest BCUT2D eigenvalue weighted by Crippen LogP contribution is -2.44. The van der Waals surface area contributed by atoms with Crippen molar-refractivity contribution in [1.29, 1.82) is 0 Å². The Bertz CT molecular complexity index is 424. The SMILES string of the molecule is c1ccc(C2(c3ccccc3)[Si][Si]S2)cc1. The molecule has 0 aromatic heterocycles. The van der Waals surface area contributed by atoms with Gasteiger partial charge in [0.05, 0.1) is 9.04 Å². The lowest BCUT2D eigenvalue weighted by atomic mass is 10.0. The normalized spacial score (nSPS) is 17.8. The fourth-order valence-electron chi connectivity index (χ4n) is 1.93. The first-order valence-corrected chi connectivity index (χ1v) is 9.77. The minimum Gasteiger partial charge on any atom is -0.182 e. The van der Waals surface area contributed by atoms with Crippen molar-refractivity contribution in [1.82, 2.24) is 0 Å². The van der Waals surface area contributed by atoms with E-state index in [1.165, 1.54) is 11.1 Å². The average Bonchev–Trinajstić information content (AvgIpc) is 2.31. The Balaban J connectivity index is 2.08. The first-order chi connectivity index (χ1) is 7.92. The molecule has 76 valence electrons. The standard InChI is InChI=1S/C13H10SSi2/c1-3-7-11(8-4-1)13(14-16-15-13)12-9-5-2-6-10-12/h1-10H. The molecule has 0 nitrogen and oxygen atoms in total. The molecule has 1 saturated heterocycles. The molecule has 2 aromatic carbocycles. The van der Waals surface area contributed by atoms with Crippen LogP contribution in [0.3, 0.4) is 0 Å². The third-order valence-electron chi connectivity index (χ3n) is 2.79. The van der Waals surface area contributed by atoms with Crippen LogP contribution >= 0.6 is 11.2 Å². The Morgan fingerprint density at radius 2 is 1.19 bits per heavy atom. The zero-order valence-corrected chi connectivity index (χ0v) is 11.5. The van der Waals surface area contributed by atoms with Gasteiger partial charge in [-0.15, -0.1) is 0 Å². The predicted molar refractivity (Wildman–Crippen MR) is 72.8 cm³/mol. The molecule has 0 unspecified atom stereocenters. The van der Waals surface area contributed by atoms with Crippen molar-refractivity contribution in [3.05, 3.63) is 71.8 Å². The molecule has 1 aliphatic rings. The van der Waals surface area contributed by atoms with E-state index < -0.39 is 0 Å². The van der Waals surface area contributed by atoms with Crippen molar-refractivity contribution in [2.24, 2.45) is 0 Å². The highest BCUT2D eigenvalue weighted by Gasteiger charge is 2.41. The number of hydrogen-bond donors (Lipinski definition) is 0. The van der Waals surface area contributed by atoms with E-state index in [4.69, 9.17) is 0 Å². The monoisotopic (exact) mass is 254 g/mol. The van der Waals surface area contributed by atoms with Crippen LogP contribution in [0, 0.1) is 0 Å². The first-order valence-electron chi connectivity index (χ1n) is 5.23. The summed E-state index contributed by atoms with van der Waals surface area (Å²) in [6, 6.07) is 21.8. The van der Waals surface area contributed by atoms with E-state index in [0.29, 0.717) is 0 Å². The summed E-state index contributed by atoms with van der Waals surface area (Å²) in [6.45, 7) is 0. The van der Waals surface area contributed by atoms with Crippen molar-refractivity contribution in [3.8, 4) is 0 Å². The van der Waals surface area contributed by atoms with Gasteiger partial charge in [0.15, 0.2) is 0 Å². The third-order valence-corrected chi connectivity index (χ3v) is 11.0. The Labute approximate surface area is 105 Å². The van der Waals surface area contributed by atoms with Crippen LogP contribution < -0.4 is 0 Å². The fourth-order valence-corrected chi connectivity index (χ4v) is 8.61. The van der Waals surface area contributed by atoms with Crippen LogP contribution in [-0.4, -0.2) is 17.2 Å². The molecule has 1 fully saturated rings. The van der Waals surface area contributed by atoms with Gasteiger partial charge in [0.2, 0.25) is 0 Å². The van der Waals surface area contributed by atoms with Crippen LogP contribution in [-0.2, 0) is 4.37 Å². The number of rotatable bonds is 2. The molecule has 16 heavy (non-hydrogen) atoms. The molecule has 0 spiro atoms. The summed E-state index contributed by atoms with van der Waals surface area (Å²) in [4.78, 5) is 0. The summed E-state index contributed by atoms with van der Waals surface area (Å²) in [7, 11) is 2.10. The van der Waals surface area contributed by atoms with Crippen molar-refractivity contribution in [3.63, 3.8) is 0 Å². The topological polar surface area (TPSA) is 0 Å². The van der Waals surface area contributed by atoms with Gasteiger partial charge in [0, 0.05) is 4.37 Å². The van der Waals surface area contributed by atoms with Gasteiger partial charge in [0.25, 0.3) is 0 Å². The zero-order chi connectivity index (χ0) is 10.8.